The zero-order valence-electron chi connectivity index (χ0n) is 9.71. The van der Waals surface area contributed by atoms with Gasteiger partial charge in [0, 0.05) is 16.9 Å². The van der Waals surface area contributed by atoms with Crippen molar-refractivity contribution < 1.29 is 14.7 Å². The van der Waals surface area contributed by atoms with Crippen LogP contribution in [0.4, 0.5) is 5.69 Å². The summed E-state index contributed by atoms with van der Waals surface area (Å²) in [5, 5.41) is 15.6. The van der Waals surface area contributed by atoms with E-state index in [0.717, 1.165) is 4.68 Å². The molecular weight excluding hydrogens is 270 g/mol. The summed E-state index contributed by atoms with van der Waals surface area (Å²) in [7, 11) is 0. The number of nitrogens with zero attached hydrogens (tertiary/aromatic N) is 2. The highest BCUT2D eigenvalue weighted by molar-refractivity contribution is 6.30. The van der Waals surface area contributed by atoms with Crippen LogP contribution in [-0.2, 0) is 11.3 Å². The molecule has 0 spiro atoms. The van der Waals surface area contributed by atoms with Crippen molar-refractivity contribution in [3.05, 3.63) is 47.2 Å². The highest BCUT2D eigenvalue weighted by Gasteiger charge is 2.14. The van der Waals surface area contributed by atoms with Crippen molar-refractivity contribution in [3.8, 4) is 0 Å². The number of carboxylic acids is 1. The number of nitrogens with one attached hydrogen (secondary N) is 1. The van der Waals surface area contributed by atoms with Crippen LogP contribution in [0.5, 0.6) is 0 Å². The van der Waals surface area contributed by atoms with Gasteiger partial charge in [-0.3, -0.25) is 9.59 Å². The van der Waals surface area contributed by atoms with Crippen LogP contribution in [0, 0.1) is 0 Å². The molecule has 0 unspecified atom stereocenters. The molecule has 0 saturated heterocycles. The lowest BCUT2D eigenvalue weighted by Crippen LogP contribution is -2.20. The summed E-state index contributed by atoms with van der Waals surface area (Å²) in [4.78, 5) is 22.6. The summed E-state index contributed by atoms with van der Waals surface area (Å²) >= 11 is 5.81. The van der Waals surface area contributed by atoms with E-state index in [-0.39, 0.29) is 12.2 Å². The molecule has 1 heterocycles. The fourth-order valence-corrected chi connectivity index (χ4v) is 1.73. The van der Waals surface area contributed by atoms with Gasteiger partial charge in [0.2, 0.25) is 0 Å². The Morgan fingerprint density at radius 3 is 2.84 bits per heavy atom. The third kappa shape index (κ3) is 3.32. The van der Waals surface area contributed by atoms with E-state index in [1.165, 1.54) is 12.3 Å². The van der Waals surface area contributed by atoms with Gasteiger partial charge in [0.25, 0.3) is 5.91 Å². The predicted octanol–water partition coefficient (Wildman–Crippen LogP) is 1.87. The average molecular weight is 280 g/mol. The Morgan fingerprint density at radius 2 is 2.16 bits per heavy atom. The first-order valence-electron chi connectivity index (χ1n) is 5.37. The van der Waals surface area contributed by atoms with Gasteiger partial charge in [0.1, 0.15) is 12.2 Å². The number of hydrogen-bond acceptors (Lipinski definition) is 3. The predicted molar refractivity (Wildman–Crippen MR) is 69.3 cm³/mol. The number of benzene rings is 1. The van der Waals surface area contributed by atoms with Gasteiger partial charge in [-0.2, -0.15) is 5.10 Å². The minimum Gasteiger partial charge on any atom is -0.480 e. The van der Waals surface area contributed by atoms with E-state index in [1.54, 1.807) is 24.3 Å². The second-order valence-corrected chi connectivity index (χ2v) is 4.17. The lowest BCUT2D eigenvalue weighted by atomic mass is 10.3. The number of aromatic nitrogens is 2. The van der Waals surface area contributed by atoms with Gasteiger partial charge < -0.3 is 10.4 Å². The Bertz CT molecular complexity index is 624. The summed E-state index contributed by atoms with van der Waals surface area (Å²) in [6.45, 7) is -0.370. The zero-order chi connectivity index (χ0) is 13.8. The Balaban J connectivity index is 2.16. The van der Waals surface area contributed by atoms with Crippen molar-refractivity contribution in [2.24, 2.45) is 0 Å². The van der Waals surface area contributed by atoms with E-state index in [1.807, 2.05) is 0 Å². The number of anilines is 1. The second kappa shape index (κ2) is 5.53. The fraction of sp³-hybridized carbons (Fsp3) is 0.0833. The number of carboxylic acid groups (broad SMARTS) is 1. The van der Waals surface area contributed by atoms with Gasteiger partial charge >= 0.3 is 5.97 Å². The number of carbonyl (C=O) groups is 2. The minimum absolute atomic E-state index is 0.169. The average Bonchev–Trinajstić information content (AvgIpc) is 2.76. The molecule has 0 radical (unpaired) electrons. The van der Waals surface area contributed by atoms with Crippen LogP contribution in [0.15, 0.2) is 36.5 Å². The maximum atomic E-state index is 12.0. The normalized spacial score (nSPS) is 10.2. The molecule has 2 N–H and O–H groups in total. The lowest BCUT2D eigenvalue weighted by molar-refractivity contribution is -0.137. The van der Waals surface area contributed by atoms with Crippen molar-refractivity contribution in [2.45, 2.75) is 6.54 Å². The van der Waals surface area contributed by atoms with Gasteiger partial charge in [-0.25, -0.2) is 4.68 Å². The molecule has 98 valence electrons. The van der Waals surface area contributed by atoms with Crippen molar-refractivity contribution >= 4 is 29.2 Å². The Morgan fingerprint density at radius 1 is 1.37 bits per heavy atom. The van der Waals surface area contributed by atoms with Crippen LogP contribution in [0.2, 0.25) is 5.02 Å². The number of rotatable bonds is 4. The molecule has 0 aliphatic rings. The van der Waals surface area contributed by atoms with Gasteiger partial charge in [0.15, 0.2) is 0 Å². The van der Waals surface area contributed by atoms with Crippen molar-refractivity contribution in [3.63, 3.8) is 0 Å². The zero-order valence-corrected chi connectivity index (χ0v) is 10.5. The highest BCUT2D eigenvalue weighted by atomic mass is 35.5. The monoisotopic (exact) mass is 279 g/mol. The molecule has 0 atom stereocenters. The van der Waals surface area contributed by atoms with E-state index >= 15 is 0 Å². The van der Waals surface area contributed by atoms with Crippen molar-refractivity contribution in [1.29, 1.82) is 0 Å². The summed E-state index contributed by atoms with van der Waals surface area (Å²) in [6, 6.07) is 8.11. The maximum absolute atomic E-state index is 12.0. The Hall–Kier alpha value is -2.34. The molecular formula is C12H10ClN3O3. The maximum Gasteiger partial charge on any atom is 0.325 e. The van der Waals surface area contributed by atoms with Crippen LogP contribution in [0.25, 0.3) is 0 Å². The van der Waals surface area contributed by atoms with Crippen LogP contribution >= 0.6 is 11.6 Å². The summed E-state index contributed by atoms with van der Waals surface area (Å²) in [5.41, 5.74) is 0.697. The quantitative estimate of drug-likeness (QED) is 0.895. The molecule has 0 fully saturated rings. The number of amides is 1. The van der Waals surface area contributed by atoms with E-state index in [2.05, 4.69) is 10.4 Å². The first-order valence-corrected chi connectivity index (χ1v) is 5.74. The van der Waals surface area contributed by atoms with E-state index in [9.17, 15) is 9.59 Å². The fourth-order valence-electron chi connectivity index (χ4n) is 1.54. The number of aliphatic carboxylic acids is 1. The van der Waals surface area contributed by atoms with E-state index in [0.29, 0.717) is 10.7 Å². The number of halogens is 1. The molecule has 7 heteroatoms. The number of carbonyl (C=O) groups excluding carboxylic acids is 1. The third-order valence-electron chi connectivity index (χ3n) is 2.32. The molecule has 0 aliphatic carbocycles. The van der Waals surface area contributed by atoms with E-state index < -0.39 is 11.9 Å². The highest BCUT2D eigenvalue weighted by Crippen LogP contribution is 2.15. The summed E-state index contributed by atoms with van der Waals surface area (Å²) in [5.74, 6) is -1.51. The second-order valence-electron chi connectivity index (χ2n) is 3.73. The first-order chi connectivity index (χ1) is 9.06. The smallest absolute Gasteiger partial charge is 0.325 e. The topological polar surface area (TPSA) is 84.2 Å². The molecule has 2 aromatic rings. The van der Waals surface area contributed by atoms with Crippen LogP contribution in [0.1, 0.15) is 10.5 Å². The Labute approximate surface area is 113 Å². The first kappa shape index (κ1) is 13.1. The van der Waals surface area contributed by atoms with Crippen LogP contribution in [-0.4, -0.2) is 26.8 Å². The molecule has 1 aromatic heterocycles. The molecule has 1 amide bonds. The van der Waals surface area contributed by atoms with Crippen molar-refractivity contribution in [2.75, 3.05) is 5.32 Å². The third-order valence-corrected chi connectivity index (χ3v) is 2.55. The molecule has 2 rings (SSSR count). The largest absolute Gasteiger partial charge is 0.480 e. The number of hydrogen-bond donors (Lipinski definition) is 2. The molecule has 19 heavy (non-hydrogen) atoms. The molecule has 0 saturated carbocycles. The van der Waals surface area contributed by atoms with Gasteiger partial charge in [-0.15, -0.1) is 0 Å². The lowest BCUT2D eigenvalue weighted by Gasteiger charge is -2.07. The van der Waals surface area contributed by atoms with E-state index in [4.69, 9.17) is 16.7 Å². The van der Waals surface area contributed by atoms with Gasteiger partial charge in [0.05, 0.1) is 0 Å². The molecule has 0 bridgehead atoms. The van der Waals surface area contributed by atoms with Crippen molar-refractivity contribution in [1.82, 2.24) is 9.78 Å². The minimum atomic E-state index is -1.07. The Kier molecular flexibility index (Phi) is 3.82. The standard InChI is InChI=1S/C12H10ClN3O3/c13-8-2-1-3-9(6-8)15-12(19)10-4-5-14-16(10)7-11(17)18/h1-6H,7H2,(H,15,19)(H,17,18). The SMILES string of the molecule is O=C(O)Cn1nccc1C(=O)Nc1cccc(Cl)c1. The summed E-state index contributed by atoms with van der Waals surface area (Å²) in [6.07, 6.45) is 1.37. The van der Waals surface area contributed by atoms with Crippen LogP contribution < -0.4 is 5.32 Å². The summed E-state index contributed by atoms with van der Waals surface area (Å²) < 4.78 is 1.11. The van der Waals surface area contributed by atoms with Gasteiger partial charge in [-0.1, -0.05) is 17.7 Å². The van der Waals surface area contributed by atoms with Crippen LogP contribution in [0.3, 0.4) is 0 Å². The van der Waals surface area contributed by atoms with Gasteiger partial charge in [-0.05, 0) is 24.3 Å². The molecule has 1 aromatic carbocycles. The molecule has 6 nitrogen and oxygen atoms in total. The molecule has 0 aliphatic heterocycles.